The molecule has 1 aliphatic rings. The first-order valence-corrected chi connectivity index (χ1v) is 11.2. The Morgan fingerprint density at radius 2 is 1.94 bits per heavy atom. The highest BCUT2D eigenvalue weighted by Crippen LogP contribution is 2.42. The molecule has 4 rings (SSSR count). The molecule has 3 aromatic rings. The number of nitrogens with zero attached hydrogens (tertiary/aromatic N) is 2. The topological polar surface area (TPSA) is 85.5 Å². The zero-order chi connectivity index (χ0) is 25.2. The van der Waals surface area contributed by atoms with Gasteiger partial charge < -0.3 is 20.1 Å². The van der Waals surface area contributed by atoms with E-state index in [1.165, 1.54) is 25.2 Å². The normalized spacial score (nSPS) is 14.7. The number of rotatable bonds is 6. The molecule has 0 atom stereocenters. The number of para-hydroxylation sites is 1. The van der Waals surface area contributed by atoms with Crippen LogP contribution in [0.1, 0.15) is 24.0 Å². The van der Waals surface area contributed by atoms with Crippen molar-refractivity contribution in [2.75, 3.05) is 30.4 Å². The lowest BCUT2D eigenvalue weighted by molar-refractivity contribution is -0.137. The largest absolute Gasteiger partial charge is 0.418 e. The number of carbonyl (C=O) groups excluding carboxylic acids is 2. The van der Waals surface area contributed by atoms with Gasteiger partial charge in [0, 0.05) is 49.3 Å². The molecule has 2 N–H and O–H groups in total. The number of H-pyrrole nitrogens is 1. The monoisotopic (exact) mass is 486 g/mol. The van der Waals surface area contributed by atoms with Crippen molar-refractivity contribution in [3.05, 3.63) is 70.0 Å². The second-order valence-electron chi connectivity index (χ2n) is 8.47. The van der Waals surface area contributed by atoms with Crippen LogP contribution in [0.3, 0.4) is 0 Å². The number of likely N-dealkylation sites (tertiary alicyclic amines) is 1. The standard InChI is InChI=1S/C25H25F3N4O3/c1-29-21-4-2-3-19(25(26,27)28)24(21)32(15-33)17-8-11-31(12-9-17)23(35)14-16-5-6-20-18(13-16)22(34)7-10-30-20/h2-7,10,13,15,17,29H,8-9,11-12,14H2,1H3,(H,30,34). The van der Waals surface area contributed by atoms with E-state index in [0.29, 0.717) is 48.8 Å². The number of carbonyl (C=O) groups is 2. The number of piperidine rings is 1. The third kappa shape index (κ3) is 5.01. The van der Waals surface area contributed by atoms with Gasteiger partial charge in [0.25, 0.3) is 0 Å². The van der Waals surface area contributed by atoms with Crippen LogP contribution in [-0.4, -0.2) is 48.4 Å². The molecule has 0 radical (unpaired) electrons. The lowest BCUT2D eigenvalue weighted by Gasteiger charge is -2.38. The lowest BCUT2D eigenvalue weighted by atomic mass is 9.99. The number of alkyl halides is 3. The molecule has 35 heavy (non-hydrogen) atoms. The van der Waals surface area contributed by atoms with Gasteiger partial charge in [0.05, 0.1) is 23.4 Å². The average Bonchev–Trinajstić information content (AvgIpc) is 2.85. The first-order chi connectivity index (χ1) is 16.7. The highest BCUT2D eigenvalue weighted by Gasteiger charge is 2.38. The molecular weight excluding hydrogens is 461 g/mol. The zero-order valence-electron chi connectivity index (χ0n) is 19.1. The molecule has 1 saturated heterocycles. The van der Waals surface area contributed by atoms with Crippen LogP contribution in [0.15, 0.2) is 53.5 Å². The molecule has 10 heteroatoms. The number of aromatic nitrogens is 1. The predicted molar refractivity (Wildman–Crippen MR) is 127 cm³/mol. The highest BCUT2D eigenvalue weighted by atomic mass is 19.4. The van der Waals surface area contributed by atoms with Crippen LogP contribution in [-0.2, 0) is 22.2 Å². The Bertz CT molecular complexity index is 1300. The van der Waals surface area contributed by atoms with Crippen LogP contribution in [0, 0.1) is 0 Å². The van der Waals surface area contributed by atoms with E-state index in [9.17, 15) is 27.6 Å². The lowest BCUT2D eigenvalue weighted by Crippen LogP contribution is -2.47. The van der Waals surface area contributed by atoms with Crippen molar-refractivity contribution in [1.29, 1.82) is 0 Å². The number of aromatic amines is 1. The van der Waals surface area contributed by atoms with Gasteiger partial charge in [-0.25, -0.2) is 0 Å². The Morgan fingerprint density at radius 3 is 2.60 bits per heavy atom. The van der Waals surface area contributed by atoms with Crippen molar-refractivity contribution < 1.29 is 22.8 Å². The minimum atomic E-state index is -4.62. The summed E-state index contributed by atoms with van der Waals surface area (Å²) in [7, 11) is 1.50. The van der Waals surface area contributed by atoms with Gasteiger partial charge in [-0.15, -0.1) is 0 Å². The highest BCUT2D eigenvalue weighted by molar-refractivity contribution is 5.87. The summed E-state index contributed by atoms with van der Waals surface area (Å²) in [5.74, 6) is -0.139. The first-order valence-electron chi connectivity index (χ1n) is 11.2. The number of fused-ring (bicyclic) bond motifs is 1. The molecule has 1 fully saturated rings. The molecule has 1 aromatic heterocycles. The summed E-state index contributed by atoms with van der Waals surface area (Å²) in [6, 6.07) is 9.92. The number of halogens is 3. The third-order valence-electron chi connectivity index (χ3n) is 6.37. The van der Waals surface area contributed by atoms with E-state index in [1.807, 2.05) is 0 Å². The fourth-order valence-corrected chi connectivity index (χ4v) is 4.58. The molecule has 0 spiro atoms. The van der Waals surface area contributed by atoms with E-state index in [0.717, 1.165) is 11.0 Å². The first kappa shape index (κ1) is 24.3. The van der Waals surface area contributed by atoms with Crippen molar-refractivity contribution in [2.24, 2.45) is 0 Å². The summed E-state index contributed by atoms with van der Waals surface area (Å²) in [6.45, 7) is 0.621. The predicted octanol–water partition coefficient (Wildman–Crippen LogP) is 3.79. The Balaban J connectivity index is 1.48. The van der Waals surface area contributed by atoms with Gasteiger partial charge in [0.2, 0.25) is 12.3 Å². The summed E-state index contributed by atoms with van der Waals surface area (Å²) >= 11 is 0. The minimum absolute atomic E-state index is 0.104. The quantitative estimate of drug-likeness (QED) is 0.520. The molecule has 0 aliphatic carbocycles. The van der Waals surface area contributed by atoms with E-state index in [4.69, 9.17) is 0 Å². The summed E-state index contributed by atoms with van der Waals surface area (Å²) in [4.78, 5) is 42.7. The van der Waals surface area contributed by atoms with Gasteiger partial charge in [0.15, 0.2) is 5.43 Å². The van der Waals surface area contributed by atoms with Gasteiger partial charge >= 0.3 is 6.18 Å². The number of hydrogen-bond acceptors (Lipinski definition) is 4. The van der Waals surface area contributed by atoms with Crippen molar-refractivity contribution in [1.82, 2.24) is 9.88 Å². The third-order valence-corrected chi connectivity index (χ3v) is 6.37. The number of benzene rings is 2. The molecule has 0 bridgehead atoms. The maximum absolute atomic E-state index is 13.7. The van der Waals surface area contributed by atoms with Gasteiger partial charge in [-0.1, -0.05) is 12.1 Å². The van der Waals surface area contributed by atoms with Crippen LogP contribution < -0.4 is 15.6 Å². The van der Waals surface area contributed by atoms with Gasteiger partial charge in [-0.3, -0.25) is 14.4 Å². The van der Waals surface area contributed by atoms with Crippen LogP contribution in [0.4, 0.5) is 24.5 Å². The Labute approximate surface area is 199 Å². The molecular formula is C25H25F3N4O3. The number of anilines is 2. The van der Waals surface area contributed by atoms with Crippen LogP contribution in [0.5, 0.6) is 0 Å². The second kappa shape index (κ2) is 9.81. The van der Waals surface area contributed by atoms with E-state index >= 15 is 0 Å². The molecule has 0 unspecified atom stereocenters. The molecule has 2 aromatic carbocycles. The number of amides is 2. The maximum atomic E-state index is 13.7. The second-order valence-corrected chi connectivity index (χ2v) is 8.47. The van der Waals surface area contributed by atoms with E-state index in [-0.39, 0.29) is 29.1 Å². The van der Waals surface area contributed by atoms with Crippen LogP contribution in [0.25, 0.3) is 10.9 Å². The van der Waals surface area contributed by atoms with Crippen molar-refractivity contribution in [3.63, 3.8) is 0 Å². The average molecular weight is 486 g/mol. The summed E-state index contributed by atoms with van der Waals surface area (Å²) in [5, 5.41) is 3.24. The number of nitrogens with one attached hydrogen (secondary N) is 2. The van der Waals surface area contributed by atoms with Crippen LogP contribution in [0.2, 0.25) is 0 Å². The number of hydrogen-bond donors (Lipinski definition) is 2. The fourth-order valence-electron chi connectivity index (χ4n) is 4.58. The van der Waals surface area contributed by atoms with Gasteiger partial charge in [-0.2, -0.15) is 13.2 Å². The van der Waals surface area contributed by atoms with Gasteiger partial charge in [0.1, 0.15) is 0 Å². The van der Waals surface area contributed by atoms with E-state index in [2.05, 4.69) is 10.3 Å². The maximum Gasteiger partial charge on any atom is 0.418 e. The minimum Gasteiger partial charge on any atom is -0.386 e. The molecule has 2 heterocycles. The molecule has 1 aliphatic heterocycles. The van der Waals surface area contributed by atoms with Gasteiger partial charge in [-0.05, 0) is 42.7 Å². The van der Waals surface area contributed by atoms with Crippen molar-refractivity contribution >= 4 is 34.6 Å². The molecule has 184 valence electrons. The smallest absolute Gasteiger partial charge is 0.386 e. The fraction of sp³-hybridized carbons (Fsp3) is 0.320. The summed E-state index contributed by atoms with van der Waals surface area (Å²) in [5.41, 5.74) is 0.363. The number of pyridine rings is 1. The summed E-state index contributed by atoms with van der Waals surface area (Å²) < 4.78 is 41.0. The van der Waals surface area contributed by atoms with E-state index in [1.54, 1.807) is 29.3 Å². The molecule has 0 saturated carbocycles. The zero-order valence-corrected chi connectivity index (χ0v) is 19.1. The summed E-state index contributed by atoms with van der Waals surface area (Å²) in [6.07, 6.45) is -1.83. The Morgan fingerprint density at radius 1 is 1.20 bits per heavy atom. The van der Waals surface area contributed by atoms with Crippen LogP contribution >= 0.6 is 0 Å². The Kier molecular flexibility index (Phi) is 6.81. The molecule has 7 nitrogen and oxygen atoms in total. The Hall–Kier alpha value is -3.82. The molecule has 2 amide bonds. The van der Waals surface area contributed by atoms with Crippen molar-refractivity contribution in [3.8, 4) is 0 Å². The van der Waals surface area contributed by atoms with E-state index < -0.39 is 17.8 Å². The SMILES string of the molecule is CNc1cccc(C(F)(F)F)c1N(C=O)C1CCN(C(=O)Cc2ccc3[nH]ccc(=O)c3c2)CC1. The van der Waals surface area contributed by atoms with Crippen molar-refractivity contribution in [2.45, 2.75) is 31.5 Å².